The van der Waals surface area contributed by atoms with E-state index in [-0.39, 0.29) is 0 Å². The minimum absolute atomic E-state index is 0.733. The minimum Gasteiger partial charge on any atom is -0.234 e. The minimum atomic E-state index is 0.733. The number of halogens is 1. The van der Waals surface area contributed by atoms with Crippen LogP contribution in [0.5, 0.6) is 0 Å². The standard InChI is InChI=1S/C9H12BrNS/c1-2-6-4-3-5-7-8(6)11-9(10)12-7/h6H,2-5H2,1H3. The second-order valence-electron chi connectivity index (χ2n) is 3.27. The topological polar surface area (TPSA) is 12.9 Å². The van der Waals surface area contributed by atoms with Crippen LogP contribution >= 0.6 is 27.3 Å². The summed E-state index contributed by atoms with van der Waals surface area (Å²) in [6, 6.07) is 0. The fourth-order valence-electron chi connectivity index (χ4n) is 1.88. The van der Waals surface area contributed by atoms with E-state index in [1.54, 1.807) is 0 Å². The summed E-state index contributed by atoms with van der Waals surface area (Å²) < 4.78 is 1.06. The maximum atomic E-state index is 4.54. The smallest absolute Gasteiger partial charge is 0.159 e. The van der Waals surface area contributed by atoms with Gasteiger partial charge in [-0.2, -0.15) is 0 Å². The molecule has 0 fully saturated rings. The number of nitrogens with zero attached hydrogens (tertiary/aromatic N) is 1. The first-order valence-electron chi connectivity index (χ1n) is 4.46. The molecule has 0 aliphatic heterocycles. The molecule has 0 aromatic carbocycles. The van der Waals surface area contributed by atoms with Gasteiger partial charge >= 0.3 is 0 Å². The summed E-state index contributed by atoms with van der Waals surface area (Å²) >= 11 is 5.27. The van der Waals surface area contributed by atoms with Crippen molar-refractivity contribution in [1.29, 1.82) is 0 Å². The third-order valence-electron chi connectivity index (χ3n) is 2.54. The van der Waals surface area contributed by atoms with E-state index in [4.69, 9.17) is 0 Å². The van der Waals surface area contributed by atoms with Gasteiger partial charge in [0.1, 0.15) is 0 Å². The number of rotatable bonds is 1. The molecule has 12 heavy (non-hydrogen) atoms. The summed E-state index contributed by atoms with van der Waals surface area (Å²) in [5.74, 6) is 0.733. The van der Waals surface area contributed by atoms with Gasteiger partial charge in [0.25, 0.3) is 0 Å². The van der Waals surface area contributed by atoms with Crippen molar-refractivity contribution in [3.8, 4) is 0 Å². The quantitative estimate of drug-likeness (QED) is 0.735. The highest BCUT2D eigenvalue weighted by atomic mass is 79.9. The summed E-state index contributed by atoms with van der Waals surface area (Å²) in [4.78, 5) is 6.05. The van der Waals surface area contributed by atoms with Crippen molar-refractivity contribution in [2.75, 3.05) is 0 Å². The Kier molecular flexibility index (Phi) is 2.51. The van der Waals surface area contributed by atoms with Crippen LogP contribution in [0.3, 0.4) is 0 Å². The second kappa shape index (κ2) is 3.46. The molecule has 0 radical (unpaired) electrons. The maximum Gasteiger partial charge on any atom is 0.159 e. The Hall–Kier alpha value is 0.110. The Labute approximate surface area is 85.3 Å². The highest BCUT2D eigenvalue weighted by Crippen LogP contribution is 2.37. The Balaban J connectivity index is 2.36. The van der Waals surface area contributed by atoms with Crippen LogP contribution in [0.4, 0.5) is 0 Å². The summed E-state index contributed by atoms with van der Waals surface area (Å²) in [7, 11) is 0. The number of hydrogen-bond donors (Lipinski definition) is 0. The number of thiazole rings is 1. The number of aromatic nitrogens is 1. The molecule has 0 saturated heterocycles. The molecule has 1 aromatic rings. The largest absolute Gasteiger partial charge is 0.234 e. The zero-order valence-electron chi connectivity index (χ0n) is 7.14. The van der Waals surface area contributed by atoms with Gasteiger partial charge in [0.05, 0.1) is 5.69 Å². The second-order valence-corrected chi connectivity index (χ2v) is 5.63. The molecule has 1 aromatic heterocycles. The van der Waals surface area contributed by atoms with E-state index in [2.05, 4.69) is 27.8 Å². The zero-order chi connectivity index (χ0) is 8.55. The van der Waals surface area contributed by atoms with E-state index in [0.29, 0.717) is 0 Å². The molecule has 0 bridgehead atoms. The Morgan fingerprint density at radius 1 is 1.67 bits per heavy atom. The van der Waals surface area contributed by atoms with Gasteiger partial charge < -0.3 is 0 Å². The summed E-state index contributed by atoms with van der Waals surface area (Å²) in [5, 5.41) is 0. The predicted molar refractivity (Wildman–Crippen MR) is 55.8 cm³/mol. The van der Waals surface area contributed by atoms with E-state index >= 15 is 0 Å². The fraction of sp³-hybridized carbons (Fsp3) is 0.667. The molecule has 0 N–H and O–H groups in total. The molecule has 1 nitrogen and oxygen atoms in total. The molecule has 3 heteroatoms. The molecule has 0 spiro atoms. The maximum absolute atomic E-state index is 4.54. The van der Waals surface area contributed by atoms with Crippen LogP contribution in [0.15, 0.2) is 3.92 Å². The van der Waals surface area contributed by atoms with Gasteiger partial charge in [-0.15, -0.1) is 11.3 Å². The van der Waals surface area contributed by atoms with Gasteiger partial charge in [-0.25, -0.2) is 4.98 Å². The van der Waals surface area contributed by atoms with Crippen molar-refractivity contribution < 1.29 is 0 Å². The predicted octanol–water partition coefficient (Wildman–Crippen LogP) is 3.74. The first-order chi connectivity index (χ1) is 5.81. The van der Waals surface area contributed by atoms with Crippen LogP contribution in [0.2, 0.25) is 0 Å². The van der Waals surface area contributed by atoms with E-state index in [0.717, 1.165) is 9.83 Å². The van der Waals surface area contributed by atoms with E-state index in [9.17, 15) is 0 Å². The van der Waals surface area contributed by atoms with Crippen molar-refractivity contribution in [2.24, 2.45) is 0 Å². The van der Waals surface area contributed by atoms with Crippen LogP contribution in [0, 0.1) is 0 Å². The van der Waals surface area contributed by atoms with Gasteiger partial charge in [-0.3, -0.25) is 0 Å². The molecule has 2 rings (SSSR count). The highest BCUT2D eigenvalue weighted by molar-refractivity contribution is 9.11. The van der Waals surface area contributed by atoms with Gasteiger partial charge in [0, 0.05) is 10.8 Å². The molecular formula is C9H12BrNS. The third kappa shape index (κ3) is 1.44. The molecule has 0 amide bonds. The zero-order valence-corrected chi connectivity index (χ0v) is 9.54. The Morgan fingerprint density at radius 3 is 3.25 bits per heavy atom. The SMILES string of the molecule is CCC1CCCc2sc(Br)nc21. The van der Waals surface area contributed by atoms with Gasteiger partial charge in [-0.1, -0.05) is 6.92 Å². The molecule has 1 unspecified atom stereocenters. The average Bonchev–Trinajstić information content (AvgIpc) is 2.44. The molecule has 1 heterocycles. The summed E-state index contributed by atoms with van der Waals surface area (Å²) in [6.07, 6.45) is 5.16. The van der Waals surface area contributed by atoms with Gasteiger partial charge in [-0.05, 0) is 41.6 Å². The van der Waals surface area contributed by atoms with Crippen molar-refractivity contribution in [2.45, 2.75) is 38.5 Å². The lowest BCUT2D eigenvalue weighted by Gasteiger charge is -2.18. The fourth-order valence-corrected chi connectivity index (χ4v) is 3.56. The summed E-state index contributed by atoms with van der Waals surface area (Å²) in [6.45, 7) is 2.26. The van der Waals surface area contributed by atoms with Crippen molar-refractivity contribution in [3.63, 3.8) is 0 Å². The first-order valence-corrected chi connectivity index (χ1v) is 6.07. The molecule has 1 atom stereocenters. The van der Waals surface area contributed by atoms with E-state index in [1.165, 1.54) is 36.3 Å². The van der Waals surface area contributed by atoms with Crippen molar-refractivity contribution in [1.82, 2.24) is 4.98 Å². The van der Waals surface area contributed by atoms with Crippen molar-refractivity contribution >= 4 is 27.3 Å². The first kappa shape index (κ1) is 8.70. The molecule has 66 valence electrons. The van der Waals surface area contributed by atoms with Crippen LogP contribution in [-0.2, 0) is 6.42 Å². The Morgan fingerprint density at radius 2 is 2.50 bits per heavy atom. The molecule has 1 aliphatic rings. The Bertz CT molecular complexity index is 282. The van der Waals surface area contributed by atoms with E-state index < -0.39 is 0 Å². The lowest BCUT2D eigenvalue weighted by Crippen LogP contribution is -2.07. The van der Waals surface area contributed by atoms with Gasteiger partial charge in [0.15, 0.2) is 3.92 Å². The van der Waals surface area contributed by atoms with Crippen LogP contribution in [0.1, 0.15) is 42.7 Å². The summed E-state index contributed by atoms with van der Waals surface area (Å²) in [5.41, 5.74) is 1.38. The monoisotopic (exact) mass is 245 g/mol. The number of fused-ring (bicyclic) bond motifs is 1. The lowest BCUT2D eigenvalue weighted by atomic mass is 9.89. The molecule has 1 aliphatic carbocycles. The number of aryl methyl sites for hydroxylation is 1. The molecular weight excluding hydrogens is 234 g/mol. The van der Waals surface area contributed by atoms with E-state index in [1.807, 2.05) is 11.3 Å². The highest BCUT2D eigenvalue weighted by Gasteiger charge is 2.22. The third-order valence-corrected chi connectivity index (χ3v) is 4.12. The number of hydrogen-bond acceptors (Lipinski definition) is 2. The van der Waals surface area contributed by atoms with Crippen LogP contribution in [0.25, 0.3) is 0 Å². The van der Waals surface area contributed by atoms with Crippen LogP contribution < -0.4 is 0 Å². The van der Waals surface area contributed by atoms with Gasteiger partial charge in [0.2, 0.25) is 0 Å². The normalized spacial score (nSPS) is 22.3. The lowest BCUT2D eigenvalue weighted by molar-refractivity contribution is 0.533. The molecule has 0 saturated carbocycles. The van der Waals surface area contributed by atoms with Crippen molar-refractivity contribution in [3.05, 3.63) is 14.5 Å². The van der Waals surface area contributed by atoms with Crippen LogP contribution in [-0.4, -0.2) is 4.98 Å². The average molecular weight is 246 g/mol.